The molecule has 0 amide bonds. The largest absolute Gasteiger partial charge is 0.462 e. The number of nitrogens with zero attached hydrogens (tertiary/aromatic N) is 2. The van der Waals surface area contributed by atoms with E-state index < -0.39 is 5.97 Å². The Morgan fingerprint density at radius 1 is 1.53 bits per heavy atom. The molecule has 2 bridgehead atoms. The van der Waals surface area contributed by atoms with Gasteiger partial charge in [0.15, 0.2) is 0 Å². The first-order valence-electron chi connectivity index (χ1n) is 6.00. The monoisotopic (exact) mass is 236 g/mol. The second-order valence-electron chi connectivity index (χ2n) is 4.93. The molecule has 17 heavy (non-hydrogen) atoms. The Morgan fingerprint density at radius 3 is 3.24 bits per heavy atom. The van der Waals surface area contributed by atoms with Crippen LogP contribution in [0.1, 0.15) is 35.7 Å². The van der Waals surface area contributed by atoms with Crippen molar-refractivity contribution in [1.82, 2.24) is 9.88 Å². The molecular weight excluding hydrogens is 220 g/mol. The molecule has 1 aromatic rings. The maximum Gasteiger partial charge on any atom is 0.394 e. The number of aromatic nitrogens is 1. The number of esters is 1. The van der Waals surface area contributed by atoms with Gasteiger partial charge in [-0.3, -0.25) is 0 Å². The molecule has 3 heterocycles. The summed E-state index contributed by atoms with van der Waals surface area (Å²) >= 11 is 0. The van der Waals surface area contributed by atoms with E-state index in [1.54, 1.807) is 6.20 Å². The van der Waals surface area contributed by atoms with Crippen molar-refractivity contribution in [2.75, 3.05) is 26.7 Å². The third kappa shape index (κ3) is 1.65. The van der Waals surface area contributed by atoms with Gasteiger partial charge < -0.3 is 14.1 Å². The Labute approximate surface area is 99.8 Å². The van der Waals surface area contributed by atoms with Gasteiger partial charge in [0.05, 0.1) is 13.3 Å². The van der Waals surface area contributed by atoms with Crippen LogP contribution in [-0.2, 0) is 10.2 Å². The zero-order chi connectivity index (χ0) is 11.9. The summed E-state index contributed by atoms with van der Waals surface area (Å²) in [5.41, 5.74) is 0.0809. The average Bonchev–Trinajstić information content (AvgIpc) is 2.95. The van der Waals surface area contributed by atoms with Gasteiger partial charge in [-0.05, 0) is 32.4 Å². The van der Waals surface area contributed by atoms with Crippen molar-refractivity contribution >= 4 is 5.97 Å². The fourth-order valence-corrected chi connectivity index (χ4v) is 3.02. The van der Waals surface area contributed by atoms with Gasteiger partial charge in [0.2, 0.25) is 0 Å². The summed E-state index contributed by atoms with van der Waals surface area (Å²) in [6, 6.07) is 0. The van der Waals surface area contributed by atoms with Gasteiger partial charge >= 0.3 is 11.9 Å². The van der Waals surface area contributed by atoms with Crippen LogP contribution in [0, 0.1) is 0 Å². The highest BCUT2D eigenvalue weighted by molar-refractivity contribution is 5.84. The molecule has 0 radical (unpaired) electrons. The van der Waals surface area contributed by atoms with Crippen molar-refractivity contribution in [3.05, 3.63) is 17.8 Å². The SMILES string of the molecule is COC(=O)c1ncc(C23CCCN(CC2)C3)o1. The van der Waals surface area contributed by atoms with Gasteiger partial charge in [-0.25, -0.2) is 9.78 Å². The molecule has 1 aromatic heterocycles. The number of piperidine rings is 1. The van der Waals surface area contributed by atoms with E-state index in [0.29, 0.717) is 0 Å². The maximum absolute atomic E-state index is 11.3. The van der Waals surface area contributed by atoms with E-state index in [1.165, 1.54) is 20.1 Å². The van der Waals surface area contributed by atoms with Crippen LogP contribution in [0.4, 0.5) is 0 Å². The molecule has 0 saturated carbocycles. The number of rotatable bonds is 2. The minimum Gasteiger partial charge on any atom is -0.462 e. The molecule has 5 nitrogen and oxygen atoms in total. The third-order valence-corrected chi connectivity index (χ3v) is 3.95. The lowest BCUT2D eigenvalue weighted by atomic mass is 9.79. The zero-order valence-electron chi connectivity index (χ0n) is 9.94. The highest BCUT2D eigenvalue weighted by Crippen LogP contribution is 2.42. The first-order chi connectivity index (χ1) is 8.23. The predicted octanol–water partition coefficient (Wildman–Crippen LogP) is 1.20. The number of ether oxygens (including phenoxy) is 1. The van der Waals surface area contributed by atoms with Crippen LogP contribution in [-0.4, -0.2) is 42.6 Å². The minimum atomic E-state index is -0.502. The van der Waals surface area contributed by atoms with Crippen LogP contribution < -0.4 is 0 Å². The van der Waals surface area contributed by atoms with Crippen molar-refractivity contribution < 1.29 is 13.9 Å². The van der Waals surface area contributed by atoms with Crippen molar-refractivity contribution in [3.63, 3.8) is 0 Å². The van der Waals surface area contributed by atoms with E-state index >= 15 is 0 Å². The number of methoxy groups -OCH3 is 1. The van der Waals surface area contributed by atoms with Crippen LogP contribution in [0.15, 0.2) is 10.6 Å². The van der Waals surface area contributed by atoms with Crippen molar-refractivity contribution in [2.24, 2.45) is 0 Å². The number of oxazole rings is 1. The minimum absolute atomic E-state index is 0.0703. The van der Waals surface area contributed by atoms with Crippen LogP contribution in [0.25, 0.3) is 0 Å². The van der Waals surface area contributed by atoms with E-state index in [-0.39, 0.29) is 11.3 Å². The smallest absolute Gasteiger partial charge is 0.394 e. The van der Waals surface area contributed by atoms with Crippen molar-refractivity contribution in [3.8, 4) is 0 Å². The van der Waals surface area contributed by atoms with Gasteiger partial charge in [-0.2, -0.15) is 0 Å². The van der Waals surface area contributed by atoms with Gasteiger partial charge in [-0.15, -0.1) is 0 Å². The molecular formula is C12H16N2O3. The topological polar surface area (TPSA) is 55.6 Å². The number of carbonyl (C=O) groups is 1. The van der Waals surface area contributed by atoms with Gasteiger partial charge in [-0.1, -0.05) is 0 Å². The fraction of sp³-hybridized carbons (Fsp3) is 0.667. The molecule has 2 fully saturated rings. The number of hydrogen-bond donors (Lipinski definition) is 0. The molecule has 0 aromatic carbocycles. The summed E-state index contributed by atoms with van der Waals surface area (Å²) in [5, 5.41) is 0. The summed E-state index contributed by atoms with van der Waals surface area (Å²) in [4.78, 5) is 17.8. The summed E-state index contributed by atoms with van der Waals surface area (Å²) in [6.07, 6.45) is 5.11. The highest BCUT2D eigenvalue weighted by atomic mass is 16.5. The molecule has 2 aliphatic heterocycles. The predicted molar refractivity (Wildman–Crippen MR) is 59.8 cm³/mol. The molecule has 0 aliphatic carbocycles. The second-order valence-corrected chi connectivity index (χ2v) is 4.93. The first-order valence-corrected chi connectivity index (χ1v) is 6.00. The summed E-state index contributed by atoms with van der Waals surface area (Å²) < 4.78 is 10.2. The standard InChI is InChI=1S/C12H16N2O3/c1-16-11(15)10-13-7-9(17-10)12-3-2-5-14(8-12)6-4-12/h7H,2-6,8H2,1H3. The van der Waals surface area contributed by atoms with Gasteiger partial charge in [0.25, 0.3) is 0 Å². The van der Waals surface area contributed by atoms with Gasteiger partial charge in [0.1, 0.15) is 5.76 Å². The van der Waals surface area contributed by atoms with Crippen LogP contribution in [0.3, 0.4) is 0 Å². The second kappa shape index (κ2) is 3.84. The molecule has 2 aliphatic rings. The Bertz CT molecular complexity index is 439. The molecule has 2 atom stereocenters. The Morgan fingerprint density at radius 2 is 2.41 bits per heavy atom. The molecule has 2 saturated heterocycles. The van der Waals surface area contributed by atoms with Crippen molar-refractivity contribution in [2.45, 2.75) is 24.7 Å². The fourth-order valence-electron chi connectivity index (χ4n) is 3.02. The Kier molecular flexibility index (Phi) is 2.43. The number of carbonyl (C=O) groups excluding carboxylic acids is 1. The number of hydrogen-bond acceptors (Lipinski definition) is 5. The van der Waals surface area contributed by atoms with Crippen LogP contribution in [0.2, 0.25) is 0 Å². The maximum atomic E-state index is 11.3. The van der Waals surface area contributed by atoms with Crippen LogP contribution in [0.5, 0.6) is 0 Å². The van der Waals surface area contributed by atoms with E-state index in [1.807, 2.05) is 0 Å². The van der Waals surface area contributed by atoms with E-state index in [4.69, 9.17) is 4.42 Å². The summed E-state index contributed by atoms with van der Waals surface area (Å²) in [6.45, 7) is 3.33. The molecule has 5 heteroatoms. The highest BCUT2D eigenvalue weighted by Gasteiger charge is 2.45. The lowest BCUT2D eigenvalue weighted by Crippen LogP contribution is -2.36. The van der Waals surface area contributed by atoms with E-state index in [0.717, 1.165) is 31.7 Å². The number of fused-ring (bicyclic) bond motifs is 2. The lowest BCUT2D eigenvalue weighted by Gasteiger charge is -2.31. The normalized spacial score (nSPS) is 31.5. The van der Waals surface area contributed by atoms with Crippen LogP contribution >= 0.6 is 0 Å². The van der Waals surface area contributed by atoms with E-state index in [2.05, 4.69) is 14.6 Å². The molecule has 3 rings (SSSR count). The first kappa shape index (κ1) is 10.8. The Hall–Kier alpha value is -1.36. The summed E-state index contributed by atoms with van der Waals surface area (Å²) in [7, 11) is 1.34. The van der Waals surface area contributed by atoms with Gasteiger partial charge in [0, 0.05) is 12.0 Å². The Balaban J connectivity index is 1.89. The quantitative estimate of drug-likeness (QED) is 0.722. The molecule has 92 valence electrons. The zero-order valence-corrected chi connectivity index (χ0v) is 9.94. The lowest BCUT2D eigenvalue weighted by molar-refractivity contribution is 0.0550. The van der Waals surface area contributed by atoms with E-state index in [9.17, 15) is 4.79 Å². The summed E-state index contributed by atoms with van der Waals surface area (Å²) in [5.74, 6) is 0.416. The molecule has 2 unspecified atom stereocenters. The molecule has 0 N–H and O–H groups in total. The van der Waals surface area contributed by atoms with Crippen molar-refractivity contribution in [1.29, 1.82) is 0 Å². The average molecular weight is 236 g/mol. The third-order valence-electron chi connectivity index (χ3n) is 3.95. The molecule has 0 spiro atoms.